The van der Waals surface area contributed by atoms with Crippen molar-refractivity contribution in [2.45, 2.75) is 13.5 Å². The second-order valence-electron chi connectivity index (χ2n) is 4.08. The Morgan fingerprint density at radius 1 is 1.40 bits per heavy atom. The van der Waals surface area contributed by atoms with Crippen LogP contribution in [0.2, 0.25) is 0 Å². The maximum atomic E-state index is 11.5. The number of rotatable bonds is 5. The van der Waals surface area contributed by atoms with E-state index >= 15 is 0 Å². The highest BCUT2D eigenvalue weighted by Crippen LogP contribution is 2.05. The van der Waals surface area contributed by atoms with Gasteiger partial charge in [0.15, 0.2) is 5.82 Å². The van der Waals surface area contributed by atoms with E-state index in [-0.39, 0.29) is 5.91 Å². The molecule has 0 aliphatic heterocycles. The minimum atomic E-state index is -0.124. The lowest BCUT2D eigenvalue weighted by Gasteiger charge is -2.05. The van der Waals surface area contributed by atoms with Crippen molar-refractivity contribution in [3.63, 3.8) is 0 Å². The first-order valence-corrected chi connectivity index (χ1v) is 6.32. The summed E-state index contributed by atoms with van der Waals surface area (Å²) >= 11 is 0. The topological polar surface area (TPSA) is 59.8 Å². The van der Waals surface area contributed by atoms with Gasteiger partial charge in [0.05, 0.1) is 0 Å². The van der Waals surface area contributed by atoms with Crippen LogP contribution in [0.3, 0.4) is 0 Å². The zero-order valence-corrected chi connectivity index (χ0v) is 11.2. The number of carbonyl (C=O) groups excluding carboxylic acids is 1. The van der Waals surface area contributed by atoms with Crippen LogP contribution in [0.4, 0.5) is 0 Å². The van der Waals surface area contributed by atoms with E-state index in [1.165, 1.54) is 6.08 Å². The zero-order chi connectivity index (χ0) is 14.2. The number of hydrogen-bond donors (Lipinski definition) is 1. The third-order valence-electron chi connectivity index (χ3n) is 2.57. The van der Waals surface area contributed by atoms with Crippen LogP contribution in [-0.4, -0.2) is 20.7 Å². The Bertz CT molecular complexity index is 615. The fourth-order valence-corrected chi connectivity index (χ4v) is 1.60. The Morgan fingerprint density at radius 2 is 2.30 bits per heavy atom. The molecular formula is C15H16N4O. The molecule has 0 unspecified atom stereocenters. The summed E-state index contributed by atoms with van der Waals surface area (Å²) in [4.78, 5) is 15.8. The van der Waals surface area contributed by atoms with Gasteiger partial charge in [0, 0.05) is 31.2 Å². The van der Waals surface area contributed by atoms with Crippen molar-refractivity contribution in [2.24, 2.45) is 0 Å². The normalized spacial score (nSPS) is 11.2. The van der Waals surface area contributed by atoms with Gasteiger partial charge in [-0.25, -0.2) is 9.67 Å². The van der Waals surface area contributed by atoms with Gasteiger partial charge in [0.1, 0.15) is 0 Å². The summed E-state index contributed by atoms with van der Waals surface area (Å²) in [6.07, 6.45) is 12.1. The van der Waals surface area contributed by atoms with Crippen LogP contribution in [0, 0.1) is 0 Å². The highest BCUT2D eigenvalue weighted by Gasteiger charge is 2.01. The summed E-state index contributed by atoms with van der Waals surface area (Å²) in [6.45, 7) is 2.35. The van der Waals surface area contributed by atoms with E-state index in [1.54, 1.807) is 23.2 Å². The maximum Gasteiger partial charge on any atom is 0.244 e. The standard InChI is InChI=1S/C15H16N4O/c1-2-3-4-6-15(20)17-12-13-7-9-16-14(11-13)19-10-5-8-18-19/h2-11H,12H2,1H3,(H,17,20). The quantitative estimate of drug-likeness (QED) is 0.666. The van der Waals surface area contributed by atoms with Crippen LogP contribution in [0.1, 0.15) is 12.5 Å². The van der Waals surface area contributed by atoms with Crippen LogP contribution in [0.15, 0.2) is 61.1 Å². The Morgan fingerprint density at radius 3 is 3.05 bits per heavy atom. The summed E-state index contributed by atoms with van der Waals surface area (Å²) in [6, 6.07) is 5.59. The third kappa shape index (κ3) is 3.91. The molecule has 0 atom stereocenters. The Labute approximate surface area is 117 Å². The molecular weight excluding hydrogens is 252 g/mol. The van der Waals surface area contributed by atoms with Crippen LogP contribution < -0.4 is 5.32 Å². The van der Waals surface area contributed by atoms with Crippen LogP contribution in [-0.2, 0) is 11.3 Å². The summed E-state index contributed by atoms with van der Waals surface area (Å²) in [5.74, 6) is 0.603. The molecule has 0 aromatic carbocycles. The predicted molar refractivity (Wildman–Crippen MR) is 77.2 cm³/mol. The highest BCUT2D eigenvalue weighted by molar-refractivity contribution is 5.87. The average Bonchev–Trinajstić information content (AvgIpc) is 3.00. The molecule has 2 heterocycles. The number of nitrogens with zero attached hydrogens (tertiary/aromatic N) is 3. The lowest BCUT2D eigenvalue weighted by molar-refractivity contribution is -0.116. The number of allylic oxidation sites excluding steroid dienone is 3. The largest absolute Gasteiger partial charge is 0.348 e. The van der Waals surface area contributed by atoms with Crippen molar-refractivity contribution in [3.05, 3.63) is 66.7 Å². The molecule has 0 bridgehead atoms. The summed E-state index contributed by atoms with van der Waals surface area (Å²) in [5.41, 5.74) is 0.971. The minimum absolute atomic E-state index is 0.124. The van der Waals surface area contributed by atoms with Gasteiger partial charge < -0.3 is 5.32 Å². The molecule has 0 fully saturated rings. The molecule has 1 N–H and O–H groups in total. The fourth-order valence-electron chi connectivity index (χ4n) is 1.60. The molecule has 5 nitrogen and oxygen atoms in total. The number of carbonyl (C=O) groups is 1. The first-order valence-electron chi connectivity index (χ1n) is 6.32. The molecule has 2 rings (SSSR count). The smallest absolute Gasteiger partial charge is 0.244 e. The first kappa shape index (κ1) is 13.7. The molecule has 0 radical (unpaired) electrons. The monoisotopic (exact) mass is 268 g/mol. The second kappa shape index (κ2) is 7.04. The van der Waals surface area contributed by atoms with Crippen molar-refractivity contribution in [1.82, 2.24) is 20.1 Å². The number of hydrogen-bond acceptors (Lipinski definition) is 3. The molecule has 2 aromatic heterocycles. The van der Waals surface area contributed by atoms with Crippen molar-refractivity contribution < 1.29 is 4.79 Å². The number of pyridine rings is 1. The molecule has 0 spiro atoms. The van der Waals surface area contributed by atoms with Crippen molar-refractivity contribution in [2.75, 3.05) is 0 Å². The van der Waals surface area contributed by atoms with Crippen molar-refractivity contribution >= 4 is 5.91 Å². The Balaban J connectivity index is 1.97. The molecule has 2 aromatic rings. The van der Waals surface area contributed by atoms with Gasteiger partial charge >= 0.3 is 0 Å². The Hall–Kier alpha value is -2.69. The van der Waals surface area contributed by atoms with E-state index in [0.29, 0.717) is 6.54 Å². The van der Waals surface area contributed by atoms with Crippen LogP contribution in [0.25, 0.3) is 5.82 Å². The van der Waals surface area contributed by atoms with Gasteiger partial charge in [0.25, 0.3) is 0 Å². The summed E-state index contributed by atoms with van der Waals surface area (Å²) < 4.78 is 1.68. The predicted octanol–water partition coefficient (Wildman–Crippen LogP) is 2.02. The lowest BCUT2D eigenvalue weighted by Crippen LogP contribution is -2.20. The molecule has 0 saturated carbocycles. The van der Waals surface area contributed by atoms with Gasteiger partial charge in [-0.1, -0.05) is 18.2 Å². The van der Waals surface area contributed by atoms with Gasteiger partial charge in [-0.15, -0.1) is 0 Å². The fraction of sp³-hybridized carbons (Fsp3) is 0.133. The SMILES string of the molecule is CC=CC=CC(=O)NCc1ccnc(-n2cccn2)c1. The van der Waals surface area contributed by atoms with Crippen molar-refractivity contribution in [3.8, 4) is 5.82 Å². The van der Waals surface area contributed by atoms with E-state index in [4.69, 9.17) is 0 Å². The molecule has 0 aliphatic carbocycles. The lowest BCUT2D eigenvalue weighted by atomic mass is 10.2. The molecule has 1 amide bonds. The van der Waals surface area contributed by atoms with Gasteiger partial charge in [0.2, 0.25) is 5.91 Å². The molecule has 5 heteroatoms. The minimum Gasteiger partial charge on any atom is -0.348 e. The van der Waals surface area contributed by atoms with Gasteiger partial charge in [-0.2, -0.15) is 5.10 Å². The van der Waals surface area contributed by atoms with E-state index in [2.05, 4.69) is 15.4 Å². The molecule has 20 heavy (non-hydrogen) atoms. The maximum absolute atomic E-state index is 11.5. The van der Waals surface area contributed by atoms with E-state index in [0.717, 1.165) is 11.4 Å². The number of amides is 1. The summed E-state index contributed by atoms with van der Waals surface area (Å²) in [7, 11) is 0. The van der Waals surface area contributed by atoms with Gasteiger partial charge in [-0.3, -0.25) is 4.79 Å². The Kier molecular flexibility index (Phi) is 4.83. The molecule has 0 aliphatic rings. The molecule has 102 valence electrons. The first-order chi connectivity index (χ1) is 9.79. The molecule has 0 saturated heterocycles. The average molecular weight is 268 g/mol. The zero-order valence-electron chi connectivity index (χ0n) is 11.2. The number of nitrogens with one attached hydrogen (secondary N) is 1. The highest BCUT2D eigenvalue weighted by atomic mass is 16.1. The van der Waals surface area contributed by atoms with E-state index in [9.17, 15) is 4.79 Å². The van der Waals surface area contributed by atoms with Crippen LogP contribution in [0.5, 0.6) is 0 Å². The second-order valence-corrected chi connectivity index (χ2v) is 4.08. The van der Waals surface area contributed by atoms with Crippen LogP contribution >= 0.6 is 0 Å². The third-order valence-corrected chi connectivity index (χ3v) is 2.57. The van der Waals surface area contributed by atoms with E-state index < -0.39 is 0 Å². The van der Waals surface area contributed by atoms with E-state index in [1.807, 2.05) is 43.5 Å². The number of aromatic nitrogens is 3. The summed E-state index contributed by atoms with van der Waals surface area (Å²) in [5, 5.41) is 6.93. The van der Waals surface area contributed by atoms with Crippen molar-refractivity contribution in [1.29, 1.82) is 0 Å². The van der Waals surface area contributed by atoms with Gasteiger partial charge in [-0.05, 0) is 30.7 Å².